The zero-order valence-corrected chi connectivity index (χ0v) is 13.4. The molecule has 2 aliphatic heterocycles. The average molecular weight is 322 g/mol. The van der Waals surface area contributed by atoms with Crippen LogP contribution in [-0.2, 0) is 9.59 Å². The van der Waals surface area contributed by atoms with Crippen molar-refractivity contribution >= 4 is 29.1 Å². The van der Waals surface area contributed by atoms with Crippen LogP contribution in [-0.4, -0.2) is 60.4 Å². The zero-order valence-electron chi connectivity index (χ0n) is 12.7. The minimum atomic E-state index is -0.317. The van der Waals surface area contributed by atoms with Crippen molar-refractivity contribution in [3.8, 4) is 0 Å². The lowest BCUT2D eigenvalue weighted by molar-refractivity contribution is -0.123. The highest BCUT2D eigenvalue weighted by Crippen LogP contribution is 2.27. The molecule has 1 unspecified atom stereocenters. The summed E-state index contributed by atoms with van der Waals surface area (Å²) in [4.78, 5) is 30.7. The van der Waals surface area contributed by atoms with E-state index in [-0.39, 0.29) is 24.3 Å². The van der Waals surface area contributed by atoms with E-state index in [1.165, 1.54) is 4.90 Å². The van der Waals surface area contributed by atoms with Gasteiger partial charge in [0.25, 0.3) is 5.91 Å². The molecule has 2 saturated heterocycles. The molecule has 0 aliphatic carbocycles. The van der Waals surface area contributed by atoms with Gasteiger partial charge in [0.1, 0.15) is 0 Å². The normalized spacial score (nSPS) is 24.3. The molecule has 2 fully saturated rings. The maximum absolute atomic E-state index is 12.7. The van der Waals surface area contributed by atoms with Gasteiger partial charge in [-0.25, -0.2) is 4.90 Å². The van der Waals surface area contributed by atoms with Crippen molar-refractivity contribution in [2.45, 2.75) is 19.4 Å². The lowest BCUT2D eigenvalue weighted by atomic mass is 10.1. The van der Waals surface area contributed by atoms with E-state index in [4.69, 9.17) is 11.6 Å². The number of benzene rings is 1. The van der Waals surface area contributed by atoms with Gasteiger partial charge in [-0.15, -0.1) is 0 Å². The second-order valence-corrected chi connectivity index (χ2v) is 6.17. The molecule has 6 heteroatoms. The number of halogens is 1. The summed E-state index contributed by atoms with van der Waals surface area (Å²) in [5.74, 6) is -0.243. The van der Waals surface area contributed by atoms with Crippen molar-refractivity contribution in [2.75, 3.05) is 37.6 Å². The highest BCUT2D eigenvalue weighted by atomic mass is 35.5. The summed E-state index contributed by atoms with van der Waals surface area (Å²) < 4.78 is 0. The molecule has 0 aromatic heterocycles. The van der Waals surface area contributed by atoms with E-state index in [2.05, 4.69) is 16.7 Å². The van der Waals surface area contributed by atoms with Crippen molar-refractivity contribution in [1.29, 1.82) is 0 Å². The molecule has 0 saturated carbocycles. The number of likely N-dealkylation sites (N-methyl/N-ethyl adjacent to an activating group) is 1. The van der Waals surface area contributed by atoms with Gasteiger partial charge in [0.05, 0.1) is 18.2 Å². The molecule has 5 nitrogen and oxygen atoms in total. The number of rotatable bonds is 3. The number of hydrogen-bond acceptors (Lipinski definition) is 4. The Morgan fingerprint density at radius 1 is 1.09 bits per heavy atom. The molecule has 1 atom stereocenters. The van der Waals surface area contributed by atoms with Crippen LogP contribution in [0.5, 0.6) is 0 Å². The first-order chi connectivity index (χ1) is 10.6. The van der Waals surface area contributed by atoms with Crippen molar-refractivity contribution in [3.05, 3.63) is 29.3 Å². The van der Waals surface area contributed by atoms with Crippen molar-refractivity contribution in [3.63, 3.8) is 0 Å². The van der Waals surface area contributed by atoms with E-state index in [0.29, 0.717) is 10.7 Å². The van der Waals surface area contributed by atoms with Gasteiger partial charge in [0, 0.05) is 31.2 Å². The van der Waals surface area contributed by atoms with Crippen molar-refractivity contribution in [2.24, 2.45) is 0 Å². The summed E-state index contributed by atoms with van der Waals surface area (Å²) in [6.45, 7) is 6.76. The molecule has 0 radical (unpaired) electrons. The summed E-state index contributed by atoms with van der Waals surface area (Å²) in [5, 5.41) is 0.593. The Labute approximate surface area is 135 Å². The molecule has 0 bridgehead atoms. The number of carbonyl (C=O) groups is 2. The van der Waals surface area contributed by atoms with E-state index in [9.17, 15) is 9.59 Å². The van der Waals surface area contributed by atoms with Crippen molar-refractivity contribution < 1.29 is 9.59 Å². The fourth-order valence-electron chi connectivity index (χ4n) is 3.15. The topological polar surface area (TPSA) is 43.9 Å². The molecule has 1 aromatic rings. The maximum Gasteiger partial charge on any atom is 0.251 e. The highest BCUT2D eigenvalue weighted by Gasteiger charge is 2.43. The third-order valence-electron chi connectivity index (χ3n) is 4.50. The van der Waals surface area contributed by atoms with Gasteiger partial charge in [-0.2, -0.15) is 0 Å². The van der Waals surface area contributed by atoms with Gasteiger partial charge in [0.15, 0.2) is 0 Å². The molecule has 22 heavy (non-hydrogen) atoms. The van der Waals surface area contributed by atoms with E-state index >= 15 is 0 Å². The minimum Gasteiger partial charge on any atom is -0.301 e. The monoisotopic (exact) mass is 321 g/mol. The Morgan fingerprint density at radius 3 is 2.32 bits per heavy atom. The molecule has 0 spiro atoms. The van der Waals surface area contributed by atoms with Crippen LogP contribution in [0.2, 0.25) is 5.02 Å². The van der Waals surface area contributed by atoms with Gasteiger partial charge in [-0.05, 0) is 30.8 Å². The fraction of sp³-hybridized carbons (Fsp3) is 0.500. The van der Waals surface area contributed by atoms with Crippen LogP contribution < -0.4 is 4.90 Å². The number of amides is 2. The molecule has 118 valence electrons. The molecule has 1 aromatic carbocycles. The number of carbonyl (C=O) groups excluding carboxylic acids is 2. The Balaban J connectivity index is 1.73. The molecule has 3 rings (SSSR count). The van der Waals surface area contributed by atoms with Crippen LogP contribution in [0.3, 0.4) is 0 Å². The maximum atomic E-state index is 12.7. The summed E-state index contributed by atoms with van der Waals surface area (Å²) in [6, 6.07) is 6.52. The molecule has 2 heterocycles. The fourth-order valence-corrected chi connectivity index (χ4v) is 3.28. The predicted molar refractivity (Wildman–Crippen MR) is 86.0 cm³/mol. The van der Waals surface area contributed by atoms with Crippen LogP contribution in [0.1, 0.15) is 13.3 Å². The second kappa shape index (κ2) is 6.36. The van der Waals surface area contributed by atoms with E-state index in [1.807, 2.05) is 0 Å². The van der Waals surface area contributed by atoms with Crippen molar-refractivity contribution in [1.82, 2.24) is 9.80 Å². The summed E-state index contributed by atoms with van der Waals surface area (Å²) in [7, 11) is 0. The molecule has 0 N–H and O–H groups in total. The summed E-state index contributed by atoms with van der Waals surface area (Å²) in [6.07, 6.45) is 0.271. The Morgan fingerprint density at radius 2 is 1.73 bits per heavy atom. The quantitative estimate of drug-likeness (QED) is 0.793. The Bertz CT molecular complexity index is 567. The smallest absolute Gasteiger partial charge is 0.251 e. The zero-order chi connectivity index (χ0) is 15.7. The first kappa shape index (κ1) is 15.5. The van der Waals surface area contributed by atoms with E-state index in [1.54, 1.807) is 24.3 Å². The van der Waals surface area contributed by atoms with E-state index < -0.39 is 0 Å². The average Bonchev–Trinajstić information content (AvgIpc) is 2.83. The number of imide groups is 1. The highest BCUT2D eigenvalue weighted by molar-refractivity contribution is 6.30. The van der Waals surface area contributed by atoms with Crippen LogP contribution >= 0.6 is 11.6 Å². The SMILES string of the molecule is CCN1CCN(C2CC(=O)N(c3ccc(Cl)cc3)C2=O)CC1. The summed E-state index contributed by atoms with van der Waals surface area (Å²) >= 11 is 5.87. The van der Waals surface area contributed by atoms with Crippen LogP contribution in [0.25, 0.3) is 0 Å². The summed E-state index contributed by atoms with van der Waals surface area (Å²) in [5.41, 5.74) is 0.606. The number of piperazine rings is 1. The lowest BCUT2D eigenvalue weighted by Crippen LogP contribution is -2.52. The predicted octanol–water partition coefficient (Wildman–Crippen LogP) is 1.61. The third-order valence-corrected chi connectivity index (χ3v) is 4.75. The first-order valence-corrected chi connectivity index (χ1v) is 8.06. The first-order valence-electron chi connectivity index (χ1n) is 7.69. The molecule has 2 amide bonds. The number of nitrogens with zero attached hydrogens (tertiary/aromatic N) is 3. The molecule has 2 aliphatic rings. The number of hydrogen-bond donors (Lipinski definition) is 0. The third kappa shape index (κ3) is 2.89. The van der Waals surface area contributed by atoms with Crippen LogP contribution in [0.15, 0.2) is 24.3 Å². The van der Waals surface area contributed by atoms with Gasteiger partial charge >= 0.3 is 0 Å². The number of anilines is 1. The van der Waals surface area contributed by atoms with Gasteiger partial charge in [-0.1, -0.05) is 18.5 Å². The Kier molecular flexibility index (Phi) is 4.47. The van der Waals surface area contributed by atoms with Gasteiger partial charge < -0.3 is 4.90 Å². The minimum absolute atomic E-state index is 0.114. The lowest BCUT2D eigenvalue weighted by Gasteiger charge is -2.36. The molecular formula is C16H20ClN3O2. The van der Waals surface area contributed by atoms with Gasteiger partial charge in [0.2, 0.25) is 5.91 Å². The largest absolute Gasteiger partial charge is 0.301 e. The van der Waals surface area contributed by atoms with Crippen LogP contribution in [0, 0.1) is 0 Å². The standard InChI is InChI=1S/C16H20ClN3O2/c1-2-18-7-9-19(10-8-18)14-11-15(21)20(16(14)22)13-5-3-12(17)4-6-13/h3-6,14H,2,7-11H2,1H3. The van der Waals surface area contributed by atoms with Crippen LogP contribution in [0.4, 0.5) is 5.69 Å². The van der Waals surface area contributed by atoms with E-state index in [0.717, 1.165) is 32.7 Å². The second-order valence-electron chi connectivity index (χ2n) is 5.73. The van der Waals surface area contributed by atoms with Gasteiger partial charge in [-0.3, -0.25) is 14.5 Å². The molecular weight excluding hydrogens is 302 g/mol. The Hall–Kier alpha value is -1.43.